The average Bonchev–Trinajstić information content (AvgIpc) is 2.84. The first-order chi connectivity index (χ1) is 17.6. The number of hydrogen-bond donors (Lipinski definition) is 1. The van der Waals surface area contributed by atoms with Crippen molar-refractivity contribution in [1.29, 1.82) is 0 Å². The first-order valence-electron chi connectivity index (χ1n) is 11.8. The molecule has 0 saturated carbocycles. The molecule has 0 radical (unpaired) electrons. The second kappa shape index (κ2) is 11.3. The van der Waals surface area contributed by atoms with Gasteiger partial charge in [0.15, 0.2) is 15.6 Å². The summed E-state index contributed by atoms with van der Waals surface area (Å²) in [5.74, 6) is -1.32. The Morgan fingerprint density at radius 3 is 2.34 bits per heavy atom. The fraction of sp³-hybridized carbons (Fsp3) is 0.333. The number of rotatable bonds is 8. The molecule has 0 aliphatic carbocycles. The molecular weight excluding hydrogens is 551 g/mol. The molecule has 1 unspecified atom stereocenters. The summed E-state index contributed by atoms with van der Waals surface area (Å²) in [6.07, 6.45) is 1.51. The maximum absolute atomic E-state index is 13.7. The number of pyridine rings is 1. The molecule has 204 valence electrons. The van der Waals surface area contributed by atoms with E-state index in [-0.39, 0.29) is 37.9 Å². The molecule has 7 nitrogen and oxygen atoms in total. The van der Waals surface area contributed by atoms with Gasteiger partial charge < -0.3 is 9.12 Å². The van der Waals surface area contributed by atoms with Gasteiger partial charge in [0.1, 0.15) is 10.6 Å². The van der Waals surface area contributed by atoms with Gasteiger partial charge in [-0.25, -0.2) is 12.8 Å². The highest BCUT2D eigenvalue weighted by Gasteiger charge is 2.30. The van der Waals surface area contributed by atoms with Crippen LogP contribution >= 0.6 is 11.6 Å². The van der Waals surface area contributed by atoms with Crippen molar-refractivity contribution in [2.24, 2.45) is 7.05 Å². The van der Waals surface area contributed by atoms with Gasteiger partial charge in [0, 0.05) is 47.4 Å². The van der Waals surface area contributed by atoms with Crippen LogP contribution in [0.4, 0.5) is 4.39 Å². The maximum Gasteiger partial charge on any atom is 0.250 e. The first kappa shape index (κ1) is 30.0. The summed E-state index contributed by atoms with van der Waals surface area (Å²) >= 11 is 4.69. The Labute approximate surface area is 230 Å². The molecule has 2 atom stereocenters. The van der Waals surface area contributed by atoms with E-state index in [2.05, 4.69) is 4.72 Å². The fourth-order valence-corrected chi connectivity index (χ4v) is 5.71. The third kappa shape index (κ3) is 6.38. The van der Waals surface area contributed by atoms with Crippen molar-refractivity contribution in [2.75, 3.05) is 5.75 Å². The van der Waals surface area contributed by atoms with Crippen molar-refractivity contribution in [1.82, 2.24) is 9.29 Å². The Kier molecular flexibility index (Phi) is 8.95. The van der Waals surface area contributed by atoms with E-state index >= 15 is 0 Å². The second-order valence-corrected chi connectivity index (χ2v) is 14.6. The van der Waals surface area contributed by atoms with Crippen molar-refractivity contribution in [3.8, 4) is 11.1 Å². The number of halogens is 2. The predicted molar refractivity (Wildman–Crippen MR) is 149 cm³/mol. The number of nitrogens with zero attached hydrogens (tertiary/aromatic N) is 1. The van der Waals surface area contributed by atoms with Gasteiger partial charge in [-0.3, -0.25) is 9.59 Å². The molecule has 0 aliphatic rings. The summed E-state index contributed by atoms with van der Waals surface area (Å²) in [5, 5.41) is -0.0949. The number of benzene rings is 2. The molecule has 0 saturated heterocycles. The summed E-state index contributed by atoms with van der Waals surface area (Å²) in [4.78, 5) is 26.3. The van der Waals surface area contributed by atoms with Crippen molar-refractivity contribution in [2.45, 2.75) is 50.3 Å². The van der Waals surface area contributed by atoms with E-state index in [0.717, 1.165) is 12.1 Å². The number of carbonyl (C=O) groups is 1. The Morgan fingerprint density at radius 2 is 1.76 bits per heavy atom. The van der Waals surface area contributed by atoms with Crippen LogP contribution in [-0.2, 0) is 28.2 Å². The zero-order valence-corrected chi connectivity index (χ0v) is 24.4. The highest BCUT2D eigenvalue weighted by atomic mass is 35.5. The number of aromatic nitrogens is 1. The minimum Gasteiger partial charge on any atom is -0.598 e. The number of ketones is 1. The van der Waals surface area contributed by atoms with E-state index in [1.807, 2.05) is 0 Å². The zero-order valence-electron chi connectivity index (χ0n) is 22.0. The molecule has 0 spiro atoms. The van der Waals surface area contributed by atoms with Crippen LogP contribution in [0.1, 0.15) is 62.1 Å². The smallest absolute Gasteiger partial charge is 0.250 e. The van der Waals surface area contributed by atoms with Crippen molar-refractivity contribution in [3.63, 3.8) is 0 Å². The highest BCUT2D eigenvalue weighted by molar-refractivity contribution is 7.91. The molecule has 1 heterocycles. The SMILES string of the molecule is CCS(=O)(=O)c1ccc(C(=O)c2ccc(F)cc2Cl)c(-c2cn(C)c(=O)cc2[C@H](C)N[S+]([O-])C(C)(C)C)c1. The monoisotopic (exact) mass is 580 g/mol. The minimum atomic E-state index is -3.66. The molecule has 2 aromatic carbocycles. The van der Waals surface area contributed by atoms with Crippen LogP contribution in [0.3, 0.4) is 0 Å². The van der Waals surface area contributed by atoms with Gasteiger partial charge in [0.05, 0.1) is 21.7 Å². The minimum absolute atomic E-state index is 0.00423. The third-order valence-corrected chi connectivity index (χ3v) is 9.73. The lowest BCUT2D eigenvalue weighted by Gasteiger charge is -2.27. The van der Waals surface area contributed by atoms with E-state index in [1.165, 1.54) is 55.1 Å². The van der Waals surface area contributed by atoms with Crippen LogP contribution in [0.2, 0.25) is 5.02 Å². The number of aryl methyl sites for hydroxylation is 1. The summed E-state index contributed by atoms with van der Waals surface area (Å²) in [6, 6.07) is 8.27. The van der Waals surface area contributed by atoms with Gasteiger partial charge in [-0.05, 0) is 75.2 Å². The van der Waals surface area contributed by atoms with Crippen molar-refractivity contribution in [3.05, 3.63) is 86.5 Å². The van der Waals surface area contributed by atoms with Crippen molar-refractivity contribution < 1.29 is 22.2 Å². The van der Waals surface area contributed by atoms with Crippen LogP contribution in [0.15, 0.2) is 58.4 Å². The van der Waals surface area contributed by atoms with Crippen LogP contribution in [-0.4, -0.2) is 33.8 Å². The van der Waals surface area contributed by atoms with Crippen LogP contribution in [0.25, 0.3) is 11.1 Å². The molecule has 1 aromatic heterocycles. The Morgan fingerprint density at radius 1 is 1.13 bits per heavy atom. The van der Waals surface area contributed by atoms with E-state index < -0.39 is 43.6 Å². The summed E-state index contributed by atoms with van der Waals surface area (Å²) < 4.78 is 55.8. The number of nitrogens with one attached hydrogen (secondary N) is 1. The predicted octanol–water partition coefficient (Wildman–Crippen LogP) is 4.98. The normalized spacial score (nSPS) is 13.8. The van der Waals surface area contributed by atoms with Crippen molar-refractivity contribution >= 4 is 38.6 Å². The second-order valence-electron chi connectivity index (χ2n) is 9.88. The van der Waals surface area contributed by atoms with E-state index in [1.54, 1.807) is 27.7 Å². The zero-order chi connectivity index (χ0) is 28.6. The number of carbonyl (C=O) groups excluding carboxylic acids is 1. The summed E-state index contributed by atoms with van der Waals surface area (Å²) in [6.45, 7) is 8.65. The van der Waals surface area contributed by atoms with Crippen LogP contribution < -0.4 is 10.3 Å². The third-order valence-electron chi connectivity index (χ3n) is 6.01. The lowest BCUT2D eigenvalue weighted by atomic mass is 9.90. The molecule has 0 fully saturated rings. The van der Waals surface area contributed by atoms with Crippen LogP contribution in [0.5, 0.6) is 0 Å². The number of hydrogen-bond acceptors (Lipinski definition) is 6. The largest absolute Gasteiger partial charge is 0.598 e. The molecule has 3 rings (SSSR count). The van der Waals surface area contributed by atoms with E-state index in [4.69, 9.17) is 11.6 Å². The lowest BCUT2D eigenvalue weighted by molar-refractivity contribution is 0.103. The van der Waals surface area contributed by atoms with Gasteiger partial charge in [-0.1, -0.05) is 18.5 Å². The topological polar surface area (TPSA) is 108 Å². The quantitative estimate of drug-likeness (QED) is 0.297. The molecule has 0 amide bonds. The number of sulfone groups is 1. The molecule has 3 aromatic rings. The fourth-order valence-electron chi connectivity index (χ4n) is 3.75. The van der Waals surface area contributed by atoms with Gasteiger partial charge in [0.25, 0.3) is 5.56 Å². The standard InChI is InChI=1S/C27H30ClFN2O5S2/c1-7-38(35,36)18-9-11-19(26(33)20-10-8-17(29)12-24(20)28)22(13-18)23-15-31(6)25(32)14-21(23)16(2)30-37(34)27(3,4)5/h8-16,30H,7H2,1-6H3/t16-,37?/m0/s1. The van der Waals surface area contributed by atoms with Crippen LogP contribution in [0, 0.1) is 5.82 Å². The Bertz CT molecular complexity index is 1550. The van der Waals surface area contributed by atoms with Gasteiger partial charge in [-0.2, -0.15) is 0 Å². The maximum atomic E-state index is 13.7. The molecule has 11 heteroatoms. The molecule has 0 aliphatic heterocycles. The Balaban J connectivity index is 2.33. The van der Waals surface area contributed by atoms with E-state index in [0.29, 0.717) is 11.1 Å². The molecule has 0 bridgehead atoms. The molecular formula is C27H30ClFN2O5S2. The first-order valence-corrected chi connectivity index (χ1v) is 15.0. The Hall–Kier alpha value is -2.50. The van der Waals surface area contributed by atoms with Gasteiger partial charge in [-0.15, -0.1) is 4.72 Å². The summed E-state index contributed by atoms with van der Waals surface area (Å²) in [5.41, 5.74) is 0.865. The highest BCUT2D eigenvalue weighted by Crippen LogP contribution is 2.35. The molecule has 38 heavy (non-hydrogen) atoms. The van der Waals surface area contributed by atoms with Gasteiger partial charge >= 0.3 is 0 Å². The average molecular weight is 581 g/mol. The molecule has 1 N–H and O–H groups in total. The van der Waals surface area contributed by atoms with E-state index in [9.17, 15) is 27.0 Å². The lowest BCUT2D eigenvalue weighted by Crippen LogP contribution is -2.41. The van der Waals surface area contributed by atoms with Gasteiger partial charge in [0.2, 0.25) is 0 Å². The summed E-state index contributed by atoms with van der Waals surface area (Å²) in [7, 11) is -2.13.